The van der Waals surface area contributed by atoms with Gasteiger partial charge in [0.1, 0.15) is 0 Å². The summed E-state index contributed by atoms with van der Waals surface area (Å²) in [6.45, 7) is 4.54. The summed E-state index contributed by atoms with van der Waals surface area (Å²) in [5.41, 5.74) is -0.489. The third kappa shape index (κ3) is 2.44. The maximum Gasteiger partial charge on any atom is 0.407 e. The molecule has 0 spiro atoms. The van der Waals surface area contributed by atoms with Crippen LogP contribution in [0.15, 0.2) is 0 Å². The van der Waals surface area contributed by atoms with Gasteiger partial charge in [-0.05, 0) is 11.8 Å². The zero-order chi connectivity index (χ0) is 15.1. The normalized spacial score (nSPS) is 30.8. The molecule has 0 aromatic carbocycles. The molecule has 2 fully saturated rings. The van der Waals surface area contributed by atoms with Crippen LogP contribution in [0.4, 0.5) is 4.79 Å². The lowest BCUT2D eigenvalue weighted by molar-refractivity contribution is -0.141. The number of alkyl carbamates (subject to hydrolysis) is 1. The van der Waals surface area contributed by atoms with E-state index >= 15 is 0 Å². The van der Waals surface area contributed by atoms with Gasteiger partial charge in [0.05, 0.1) is 25.0 Å². The van der Waals surface area contributed by atoms with Gasteiger partial charge >= 0.3 is 12.1 Å². The Kier molecular flexibility index (Phi) is 3.62. The summed E-state index contributed by atoms with van der Waals surface area (Å²) in [5.74, 6) is -2.12. The summed E-state index contributed by atoms with van der Waals surface area (Å²) >= 11 is 0. The summed E-state index contributed by atoms with van der Waals surface area (Å²) < 4.78 is 4.52. The van der Waals surface area contributed by atoms with Gasteiger partial charge in [0.2, 0.25) is 5.91 Å². The number of carboxylic acid groups (broad SMARTS) is 1. The number of nitrogens with one attached hydrogen (secondary N) is 1. The summed E-state index contributed by atoms with van der Waals surface area (Å²) in [7, 11) is 1.29. The number of carbonyl (C=O) groups is 3. The van der Waals surface area contributed by atoms with Crippen molar-refractivity contribution in [2.24, 2.45) is 17.3 Å². The Hall–Kier alpha value is -1.79. The van der Waals surface area contributed by atoms with Crippen LogP contribution >= 0.6 is 0 Å². The van der Waals surface area contributed by atoms with Gasteiger partial charge in [-0.2, -0.15) is 0 Å². The molecule has 7 heteroatoms. The smallest absolute Gasteiger partial charge is 0.407 e. The maximum atomic E-state index is 12.4. The van der Waals surface area contributed by atoms with Crippen LogP contribution in [0.3, 0.4) is 0 Å². The summed E-state index contributed by atoms with van der Waals surface area (Å²) in [5, 5.41) is 11.8. The molecule has 1 aliphatic heterocycles. The molecule has 0 bridgehead atoms. The topological polar surface area (TPSA) is 95.9 Å². The van der Waals surface area contributed by atoms with Crippen molar-refractivity contribution in [1.29, 1.82) is 0 Å². The van der Waals surface area contributed by atoms with Gasteiger partial charge in [-0.25, -0.2) is 4.79 Å². The van der Waals surface area contributed by atoms with E-state index in [0.29, 0.717) is 19.5 Å². The van der Waals surface area contributed by atoms with Gasteiger partial charge in [-0.15, -0.1) is 0 Å². The van der Waals surface area contributed by atoms with E-state index < -0.39 is 29.3 Å². The quantitative estimate of drug-likeness (QED) is 0.777. The van der Waals surface area contributed by atoms with E-state index in [9.17, 15) is 14.4 Å². The molecule has 1 saturated carbocycles. The molecule has 0 aromatic heterocycles. The Morgan fingerprint density at radius 2 is 1.95 bits per heavy atom. The highest BCUT2D eigenvalue weighted by atomic mass is 16.5. The molecule has 3 atom stereocenters. The van der Waals surface area contributed by atoms with E-state index in [1.54, 1.807) is 18.7 Å². The van der Waals surface area contributed by atoms with Gasteiger partial charge < -0.3 is 20.1 Å². The van der Waals surface area contributed by atoms with Gasteiger partial charge in [-0.3, -0.25) is 9.59 Å². The lowest BCUT2D eigenvalue weighted by Gasteiger charge is -2.17. The number of carboxylic acids is 1. The zero-order valence-corrected chi connectivity index (χ0v) is 11.9. The molecule has 7 nitrogen and oxygen atoms in total. The lowest BCUT2D eigenvalue weighted by atomic mass is 10.1. The van der Waals surface area contributed by atoms with E-state index in [4.69, 9.17) is 5.11 Å². The number of carbonyl (C=O) groups excluding carboxylic acids is 2. The molecule has 2 rings (SSSR count). The molecule has 2 aliphatic rings. The Labute approximate surface area is 117 Å². The van der Waals surface area contributed by atoms with Gasteiger partial charge in [0.25, 0.3) is 0 Å². The predicted molar refractivity (Wildman–Crippen MR) is 68.9 cm³/mol. The monoisotopic (exact) mass is 284 g/mol. The Morgan fingerprint density at radius 3 is 2.45 bits per heavy atom. The zero-order valence-electron chi connectivity index (χ0n) is 11.9. The molecule has 1 saturated heterocycles. The predicted octanol–water partition coefficient (Wildman–Crippen LogP) is 0.300. The van der Waals surface area contributed by atoms with Crippen LogP contribution in [0.2, 0.25) is 0 Å². The minimum Gasteiger partial charge on any atom is -0.481 e. The third-order valence-corrected chi connectivity index (χ3v) is 4.37. The van der Waals surface area contributed by atoms with Crippen LogP contribution in [0.5, 0.6) is 0 Å². The van der Waals surface area contributed by atoms with Crippen molar-refractivity contribution < 1.29 is 24.2 Å². The first-order valence-electron chi connectivity index (χ1n) is 6.65. The molecule has 1 aliphatic carbocycles. The van der Waals surface area contributed by atoms with Crippen molar-refractivity contribution in [1.82, 2.24) is 10.2 Å². The van der Waals surface area contributed by atoms with Crippen molar-refractivity contribution >= 4 is 18.0 Å². The van der Waals surface area contributed by atoms with Crippen LogP contribution in [0.25, 0.3) is 0 Å². The number of methoxy groups -OCH3 is 1. The molecule has 0 radical (unpaired) electrons. The van der Waals surface area contributed by atoms with Crippen LogP contribution in [0, 0.1) is 17.3 Å². The summed E-state index contributed by atoms with van der Waals surface area (Å²) in [6, 6.07) is -0.128. The first-order valence-corrected chi connectivity index (χ1v) is 6.65. The fraction of sp³-hybridized carbons (Fsp3) is 0.769. The number of ether oxygens (including phenoxy) is 1. The molecular formula is C13H20N2O5. The number of likely N-dealkylation sites (tertiary alicyclic amines) is 1. The van der Waals surface area contributed by atoms with E-state index in [0.717, 1.165) is 0 Å². The number of aliphatic carboxylic acids is 1. The molecule has 0 aromatic rings. The highest BCUT2D eigenvalue weighted by molar-refractivity contribution is 5.91. The van der Waals surface area contributed by atoms with Gasteiger partial charge in [0, 0.05) is 13.1 Å². The lowest BCUT2D eigenvalue weighted by Crippen LogP contribution is -2.39. The van der Waals surface area contributed by atoms with Crippen molar-refractivity contribution in [2.45, 2.75) is 26.3 Å². The van der Waals surface area contributed by atoms with Crippen molar-refractivity contribution in [3.05, 3.63) is 0 Å². The van der Waals surface area contributed by atoms with E-state index in [-0.39, 0.29) is 11.9 Å². The largest absolute Gasteiger partial charge is 0.481 e. The average molecular weight is 284 g/mol. The van der Waals surface area contributed by atoms with Gasteiger partial charge in [0.15, 0.2) is 0 Å². The number of amides is 2. The molecule has 3 unspecified atom stereocenters. The number of hydrogen-bond donors (Lipinski definition) is 2. The molecule has 2 N–H and O–H groups in total. The fourth-order valence-electron chi connectivity index (χ4n) is 3.06. The van der Waals surface area contributed by atoms with Crippen LogP contribution < -0.4 is 5.32 Å². The third-order valence-electron chi connectivity index (χ3n) is 4.37. The first kappa shape index (κ1) is 14.6. The van der Waals surface area contributed by atoms with Gasteiger partial charge in [-0.1, -0.05) is 13.8 Å². The maximum absolute atomic E-state index is 12.4. The molecule has 112 valence electrons. The molecule has 1 heterocycles. The van der Waals surface area contributed by atoms with E-state index in [1.807, 2.05) is 0 Å². The highest BCUT2D eigenvalue weighted by Crippen LogP contribution is 2.59. The summed E-state index contributed by atoms with van der Waals surface area (Å²) in [6.07, 6.45) is 0.144. The van der Waals surface area contributed by atoms with Crippen LogP contribution in [0.1, 0.15) is 20.3 Å². The van der Waals surface area contributed by atoms with Crippen LogP contribution in [-0.2, 0) is 14.3 Å². The highest BCUT2D eigenvalue weighted by Gasteiger charge is 2.66. The fourth-order valence-corrected chi connectivity index (χ4v) is 3.06. The SMILES string of the molecule is COC(=O)NC1CCN(C(=O)C2C(C(=O)O)C2(C)C)C1. The van der Waals surface area contributed by atoms with Crippen molar-refractivity contribution in [2.75, 3.05) is 20.2 Å². The number of nitrogens with zero attached hydrogens (tertiary/aromatic N) is 1. The minimum atomic E-state index is -0.920. The minimum absolute atomic E-state index is 0.128. The Balaban J connectivity index is 1.93. The van der Waals surface area contributed by atoms with E-state index in [1.165, 1.54) is 7.11 Å². The standard InChI is InChI=1S/C13H20N2O5/c1-13(2)8(9(13)11(17)18)10(16)15-5-4-7(6-15)14-12(19)20-3/h7-9H,4-6H2,1-3H3,(H,14,19)(H,17,18). The second kappa shape index (κ2) is 4.96. The molecule has 20 heavy (non-hydrogen) atoms. The first-order chi connectivity index (χ1) is 9.28. The van der Waals surface area contributed by atoms with Crippen LogP contribution in [-0.4, -0.2) is 54.2 Å². The second-order valence-corrected chi connectivity index (χ2v) is 6.02. The Morgan fingerprint density at radius 1 is 1.30 bits per heavy atom. The van der Waals surface area contributed by atoms with Crippen molar-refractivity contribution in [3.63, 3.8) is 0 Å². The van der Waals surface area contributed by atoms with Crippen molar-refractivity contribution in [3.8, 4) is 0 Å². The average Bonchev–Trinajstić information content (AvgIpc) is 2.72. The molecule has 2 amide bonds. The van der Waals surface area contributed by atoms with E-state index in [2.05, 4.69) is 10.1 Å². The second-order valence-electron chi connectivity index (χ2n) is 6.02. The summed E-state index contributed by atoms with van der Waals surface area (Å²) in [4.78, 5) is 36.2. The number of hydrogen-bond acceptors (Lipinski definition) is 4. The number of rotatable bonds is 3. The molecular weight excluding hydrogens is 264 g/mol. The Bertz CT molecular complexity index is 448.